The van der Waals surface area contributed by atoms with E-state index in [0.29, 0.717) is 22.1 Å². The number of carbonyl (C=O) groups excluding carboxylic acids is 1. The topological polar surface area (TPSA) is 84.5 Å². The molecule has 6 nitrogen and oxygen atoms in total. The van der Waals surface area contributed by atoms with Gasteiger partial charge in [-0.3, -0.25) is 9.52 Å². The van der Waals surface area contributed by atoms with Crippen LogP contribution >= 0.6 is 23.4 Å². The molecule has 0 saturated heterocycles. The Bertz CT molecular complexity index is 1480. The Kier molecular flexibility index (Phi) is 8.43. The van der Waals surface area contributed by atoms with Gasteiger partial charge in [-0.05, 0) is 60.5 Å². The third-order valence-electron chi connectivity index (χ3n) is 5.49. The second-order valence-corrected chi connectivity index (χ2v) is 11.4. The molecule has 1 atom stereocenters. The van der Waals surface area contributed by atoms with E-state index in [1.807, 2.05) is 37.3 Å². The average Bonchev–Trinajstić information content (AvgIpc) is 2.91. The molecule has 0 aromatic heterocycles. The van der Waals surface area contributed by atoms with E-state index >= 15 is 0 Å². The zero-order valence-corrected chi connectivity index (χ0v) is 22.5. The van der Waals surface area contributed by atoms with E-state index in [-0.39, 0.29) is 10.8 Å². The maximum absolute atomic E-state index is 13.5. The highest BCUT2D eigenvalue weighted by Crippen LogP contribution is 2.38. The van der Waals surface area contributed by atoms with Gasteiger partial charge in [0.05, 0.1) is 17.7 Å². The van der Waals surface area contributed by atoms with E-state index in [9.17, 15) is 13.2 Å². The Morgan fingerprint density at radius 1 is 0.919 bits per heavy atom. The molecule has 0 radical (unpaired) electrons. The molecular weight excluding hydrogens is 528 g/mol. The average molecular weight is 553 g/mol. The number of halogens is 1. The summed E-state index contributed by atoms with van der Waals surface area (Å²) in [6, 6.07) is 28.0. The third-order valence-corrected chi connectivity index (χ3v) is 8.56. The maximum Gasteiger partial charge on any atom is 0.261 e. The van der Waals surface area contributed by atoms with Gasteiger partial charge in [0, 0.05) is 21.7 Å². The Labute approximate surface area is 226 Å². The zero-order valence-electron chi connectivity index (χ0n) is 20.1. The normalized spacial score (nSPS) is 12.0. The van der Waals surface area contributed by atoms with Gasteiger partial charge in [-0.1, -0.05) is 60.1 Å². The predicted octanol–water partition coefficient (Wildman–Crippen LogP) is 6.93. The molecule has 0 spiro atoms. The van der Waals surface area contributed by atoms with E-state index in [1.165, 1.54) is 31.0 Å². The molecule has 1 amide bonds. The van der Waals surface area contributed by atoms with Crippen molar-refractivity contribution in [2.24, 2.45) is 0 Å². The van der Waals surface area contributed by atoms with Crippen molar-refractivity contribution < 1.29 is 17.9 Å². The molecule has 2 N–H and O–H groups in total. The Morgan fingerprint density at radius 2 is 1.54 bits per heavy atom. The van der Waals surface area contributed by atoms with Crippen molar-refractivity contribution in [1.29, 1.82) is 0 Å². The number of carbonyl (C=O) groups is 1. The van der Waals surface area contributed by atoms with Crippen molar-refractivity contribution in [3.63, 3.8) is 0 Å². The minimum atomic E-state index is -3.70. The Morgan fingerprint density at radius 3 is 2.16 bits per heavy atom. The highest BCUT2D eigenvalue weighted by Gasteiger charge is 2.24. The molecule has 0 aliphatic rings. The standard InChI is InChI=1S/C28H25ClN2O4S2/c1-19-17-25(26(35-2)18-24(19)29)30-28(32)27(20-9-5-3-6-10-20)36-22-15-13-21(14-16-22)31-37(33,34)23-11-7-4-8-12-23/h3-18,27,31H,1-2H3,(H,30,32). The molecule has 4 rings (SSSR count). The van der Waals surface area contributed by atoms with Crippen molar-refractivity contribution in [3.8, 4) is 5.75 Å². The molecule has 0 aliphatic carbocycles. The molecule has 0 heterocycles. The molecule has 1 unspecified atom stereocenters. The molecule has 37 heavy (non-hydrogen) atoms. The number of amides is 1. The van der Waals surface area contributed by atoms with E-state index in [0.717, 1.165) is 16.0 Å². The summed E-state index contributed by atoms with van der Waals surface area (Å²) in [7, 11) is -2.17. The lowest BCUT2D eigenvalue weighted by Crippen LogP contribution is -2.19. The molecule has 0 aliphatic heterocycles. The summed E-state index contributed by atoms with van der Waals surface area (Å²) in [5, 5.41) is 2.95. The van der Waals surface area contributed by atoms with Crippen molar-refractivity contribution in [2.45, 2.75) is 22.0 Å². The third kappa shape index (κ3) is 6.65. The fourth-order valence-electron chi connectivity index (χ4n) is 3.58. The number of benzene rings is 4. The van der Waals surface area contributed by atoms with Gasteiger partial charge < -0.3 is 10.1 Å². The number of thioether (sulfide) groups is 1. The summed E-state index contributed by atoms with van der Waals surface area (Å²) in [5.74, 6) is 0.237. The van der Waals surface area contributed by atoms with Crippen LogP contribution in [0.2, 0.25) is 5.02 Å². The number of rotatable bonds is 9. The van der Waals surface area contributed by atoms with Crippen LogP contribution in [0.25, 0.3) is 0 Å². The summed E-state index contributed by atoms with van der Waals surface area (Å²) in [4.78, 5) is 14.5. The molecular formula is C28H25ClN2O4S2. The maximum atomic E-state index is 13.5. The van der Waals surface area contributed by atoms with Crippen LogP contribution < -0.4 is 14.8 Å². The van der Waals surface area contributed by atoms with Crippen LogP contribution in [0, 0.1) is 6.92 Å². The lowest BCUT2D eigenvalue weighted by Gasteiger charge is -2.19. The van der Waals surface area contributed by atoms with Gasteiger partial charge in [-0.2, -0.15) is 0 Å². The van der Waals surface area contributed by atoms with Crippen molar-refractivity contribution >= 4 is 50.7 Å². The predicted molar refractivity (Wildman–Crippen MR) is 150 cm³/mol. The van der Waals surface area contributed by atoms with Gasteiger partial charge in [0.15, 0.2) is 0 Å². The fourth-order valence-corrected chi connectivity index (χ4v) is 5.84. The van der Waals surface area contributed by atoms with Crippen LogP contribution in [-0.2, 0) is 14.8 Å². The van der Waals surface area contributed by atoms with Crippen LogP contribution in [0.5, 0.6) is 5.75 Å². The molecule has 4 aromatic rings. The first kappa shape index (κ1) is 26.6. The first-order valence-electron chi connectivity index (χ1n) is 11.3. The van der Waals surface area contributed by atoms with Gasteiger partial charge in [-0.25, -0.2) is 8.42 Å². The van der Waals surface area contributed by atoms with E-state index < -0.39 is 15.3 Å². The zero-order chi connectivity index (χ0) is 26.4. The summed E-state index contributed by atoms with van der Waals surface area (Å²) in [5.41, 5.74) is 2.59. The SMILES string of the molecule is COc1cc(Cl)c(C)cc1NC(=O)C(Sc1ccc(NS(=O)(=O)c2ccccc2)cc1)c1ccccc1. The van der Waals surface area contributed by atoms with E-state index in [4.69, 9.17) is 16.3 Å². The van der Waals surface area contributed by atoms with Crippen molar-refractivity contribution in [2.75, 3.05) is 17.1 Å². The van der Waals surface area contributed by atoms with Gasteiger partial charge in [0.25, 0.3) is 10.0 Å². The lowest BCUT2D eigenvalue weighted by atomic mass is 10.1. The lowest BCUT2D eigenvalue weighted by molar-refractivity contribution is -0.115. The van der Waals surface area contributed by atoms with Crippen LogP contribution in [0.15, 0.2) is 107 Å². The van der Waals surface area contributed by atoms with Crippen LogP contribution in [0.3, 0.4) is 0 Å². The Balaban J connectivity index is 1.55. The molecule has 4 aromatic carbocycles. The summed E-state index contributed by atoms with van der Waals surface area (Å²) in [6.45, 7) is 1.86. The monoisotopic (exact) mass is 552 g/mol. The highest BCUT2D eigenvalue weighted by molar-refractivity contribution is 8.00. The van der Waals surface area contributed by atoms with Crippen LogP contribution in [0.4, 0.5) is 11.4 Å². The number of nitrogens with one attached hydrogen (secondary N) is 2. The number of hydrogen-bond acceptors (Lipinski definition) is 5. The fraction of sp³-hybridized carbons (Fsp3) is 0.107. The summed E-state index contributed by atoms with van der Waals surface area (Å²) >= 11 is 7.57. The minimum Gasteiger partial charge on any atom is -0.495 e. The van der Waals surface area contributed by atoms with Crippen molar-refractivity contribution in [1.82, 2.24) is 0 Å². The molecule has 0 fully saturated rings. The number of ether oxygens (including phenoxy) is 1. The first-order chi connectivity index (χ1) is 17.8. The summed E-state index contributed by atoms with van der Waals surface area (Å²) in [6.07, 6.45) is 0. The number of hydrogen-bond donors (Lipinski definition) is 2. The smallest absolute Gasteiger partial charge is 0.261 e. The van der Waals surface area contributed by atoms with Crippen molar-refractivity contribution in [3.05, 3.63) is 113 Å². The second kappa shape index (κ2) is 11.7. The number of methoxy groups -OCH3 is 1. The minimum absolute atomic E-state index is 0.183. The van der Waals surface area contributed by atoms with Crippen LogP contribution in [-0.4, -0.2) is 21.4 Å². The van der Waals surface area contributed by atoms with Gasteiger partial charge >= 0.3 is 0 Å². The molecule has 0 bridgehead atoms. The quantitative estimate of drug-likeness (QED) is 0.220. The molecule has 9 heteroatoms. The number of sulfonamides is 1. The van der Waals surface area contributed by atoms with E-state index in [1.54, 1.807) is 54.6 Å². The molecule has 190 valence electrons. The number of aryl methyl sites for hydroxylation is 1. The van der Waals surface area contributed by atoms with Crippen LogP contribution in [0.1, 0.15) is 16.4 Å². The first-order valence-corrected chi connectivity index (χ1v) is 14.1. The Hall–Kier alpha value is -3.46. The van der Waals surface area contributed by atoms with Gasteiger partial charge in [-0.15, -0.1) is 11.8 Å². The second-order valence-electron chi connectivity index (χ2n) is 8.14. The largest absolute Gasteiger partial charge is 0.495 e. The molecule has 0 saturated carbocycles. The highest BCUT2D eigenvalue weighted by atomic mass is 35.5. The van der Waals surface area contributed by atoms with Gasteiger partial charge in [0.1, 0.15) is 11.0 Å². The summed E-state index contributed by atoms with van der Waals surface area (Å²) < 4.78 is 33.2. The van der Waals surface area contributed by atoms with Gasteiger partial charge in [0.2, 0.25) is 5.91 Å². The van der Waals surface area contributed by atoms with E-state index in [2.05, 4.69) is 10.0 Å². The number of anilines is 2.